The molecule has 104 valence electrons. The molecule has 0 saturated heterocycles. The largest absolute Gasteiger partial charge is 0.496 e. The Morgan fingerprint density at radius 3 is 2.58 bits per heavy atom. The van der Waals surface area contributed by atoms with Crippen LogP contribution in [-0.2, 0) is 14.3 Å². The first-order valence-electron chi connectivity index (χ1n) is 5.75. The summed E-state index contributed by atoms with van der Waals surface area (Å²) in [7, 11) is 3.17. The summed E-state index contributed by atoms with van der Waals surface area (Å²) in [6, 6.07) is 5.24. The van der Waals surface area contributed by atoms with E-state index in [1.54, 1.807) is 39.3 Å². The molecule has 1 amide bonds. The highest BCUT2D eigenvalue weighted by Gasteiger charge is 2.16. The SMILES string of the molecule is CCOC(=O)CC(=O)N(C)c1ccc(OC)c(Br)c1. The molecule has 1 aromatic carbocycles. The molecule has 0 spiro atoms. The molecular weight excluding hydrogens is 314 g/mol. The van der Waals surface area contributed by atoms with E-state index < -0.39 is 5.97 Å². The molecule has 6 heteroatoms. The van der Waals surface area contributed by atoms with Gasteiger partial charge in [0.05, 0.1) is 18.2 Å². The van der Waals surface area contributed by atoms with E-state index >= 15 is 0 Å². The molecule has 0 heterocycles. The van der Waals surface area contributed by atoms with Crippen LogP contribution in [0.1, 0.15) is 13.3 Å². The monoisotopic (exact) mass is 329 g/mol. The number of rotatable bonds is 5. The van der Waals surface area contributed by atoms with Crippen molar-refractivity contribution in [2.75, 3.05) is 25.7 Å². The van der Waals surface area contributed by atoms with E-state index in [1.165, 1.54) is 4.90 Å². The van der Waals surface area contributed by atoms with Crippen LogP contribution in [0.2, 0.25) is 0 Å². The fourth-order valence-electron chi connectivity index (χ4n) is 1.46. The molecule has 0 aliphatic heterocycles. The Morgan fingerprint density at radius 1 is 1.37 bits per heavy atom. The normalized spacial score (nSPS) is 9.89. The molecule has 0 aliphatic rings. The van der Waals surface area contributed by atoms with Gasteiger partial charge in [-0.05, 0) is 41.1 Å². The van der Waals surface area contributed by atoms with Crippen molar-refractivity contribution in [3.63, 3.8) is 0 Å². The standard InChI is InChI=1S/C13H16BrNO4/c1-4-19-13(17)8-12(16)15(2)9-5-6-11(18-3)10(14)7-9/h5-7H,4,8H2,1-3H3. The van der Waals surface area contributed by atoms with E-state index in [9.17, 15) is 9.59 Å². The quantitative estimate of drug-likeness (QED) is 0.614. The highest BCUT2D eigenvalue weighted by molar-refractivity contribution is 9.10. The maximum atomic E-state index is 11.9. The predicted octanol–water partition coefficient (Wildman–Crippen LogP) is 2.37. The maximum Gasteiger partial charge on any atom is 0.315 e. The van der Waals surface area contributed by atoms with Crippen molar-refractivity contribution < 1.29 is 19.1 Å². The van der Waals surface area contributed by atoms with Gasteiger partial charge in [0.15, 0.2) is 0 Å². The Kier molecular flexibility index (Phi) is 5.82. The number of benzene rings is 1. The summed E-state index contributed by atoms with van der Waals surface area (Å²) in [5, 5.41) is 0. The maximum absolute atomic E-state index is 11.9. The smallest absolute Gasteiger partial charge is 0.315 e. The van der Waals surface area contributed by atoms with Crippen molar-refractivity contribution in [1.82, 2.24) is 0 Å². The van der Waals surface area contributed by atoms with Crippen molar-refractivity contribution in [1.29, 1.82) is 0 Å². The number of hydrogen-bond donors (Lipinski definition) is 0. The number of amides is 1. The summed E-state index contributed by atoms with van der Waals surface area (Å²) in [6.45, 7) is 1.97. The molecule has 0 atom stereocenters. The Morgan fingerprint density at radius 2 is 2.05 bits per heavy atom. The van der Waals surface area contributed by atoms with Gasteiger partial charge in [-0.2, -0.15) is 0 Å². The van der Waals surface area contributed by atoms with Gasteiger partial charge in [0.2, 0.25) is 5.91 Å². The van der Waals surface area contributed by atoms with E-state index in [0.717, 1.165) is 4.47 Å². The molecule has 0 radical (unpaired) electrons. The van der Waals surface area contributed by atoms with E-state index in [0.29, 0.717) is 11.4 Å². The molecule has 0 N–H and O–H groups in total. The predicted molar refractivity (Wildman–Crippen MR) is 75.4 cm³/mol. The Balaban J connectivity index is 2.76. The second-order valence-electron chi connectivity index (χ2n) is 3.75. The minimum Gasteiger partial charge on any atom is -0.496 e. The van der Waals surface area contributed by atoms with Crippen molar-refractivity contribution >= 4 is 33.5 Å². The molecule has 5 nitrogen and oxygen atoms in total. The van der Waals surface area contributed by atoms with Crippen LogP contribution in [0.5, 0.6) is 5.75 Å². The average Bonchev–Trinajstić information content (AvgIpc) is 2.37. The van der Waals surface area contributed by atoms with Crippen LogP contribution in [-0.4, -0.2) is 32.6 Å². The zero-order valence-electron chi connectivity index (χ0n) is 11.1. The minimum absolute atomic E-state index is 0.268. The van der Waals surface area contributed by atoms with Crippen LogP contribution in [0.4, 0.5) is 5.69 Å². The topological polar surface area (TPSA) is 55.8 Å². The fraction of sp³-hybridized carbons (Fsp3) is 0.385. The van der Waals surface area contributed by atoms with Crippen LogP contribution < -0.4 is 9.64 Å². The van der Waals surface area contributed by atoms with Crippen LogP contribution in [0.15, 0.2) is 22.7 Å². The lowest BCUT2D eigenvalue weighted by atomic mass is 10.2. The third-order valence-corrected chi connectivity index (χ3v) is 3.12. The molecule has 0 aromatic heterocycles. The van der Waals surface area contributed by atoms with Gasteiger partial charge in [0.25, 0.3) is 0 Å². The number of nitrogens with zero attached hydrogens (tertiary/aromatic N) is 1. The highest BCUT2D eigenvalue weighted by atomic mass is 79.9. The van der Waals surface area contributed by atoms with Crippen LogP contribution in [0.3, 0.4) is 0 Å². The fourth-order valence-corrected chi connectivity index (χ4v) is 1.99. The van der Waals surface area contributed by atoms with Gasteiger partial charge >= 0.3 is 5.97 Å². The summed E-state index contributed by atoms with van der Waals surface area (Å²) >= 11 is 3.35. The van der Waals surface area contributed by atoms with Gasteiger partial charge in [-0.15, -0.1) is 0 Å². The lowest BCUT2D eigenvalue weighted by Crippen LogP contribution is -2.28. The lowest BCUT2D eigenvalue weighted by Gasteiger charge is -2.18. The van der Waals surface area contributed by atoms with Crippen molar-refractivity contribution in [2.45, 2.75) is 13.3 Å². The zero-order chi connectivity index (χ0) is 14.4. The first-order chi connectivity index (χ1) is 8.99. The molecular formula is C13H16BrNO4. The molecule has 1 aromatic rings. The third-order valence-electron chi connectivity index (χ3n) is 2.50. The van der Waals surface area contributed by atoms with Crippen molar-refractivity contribution in [3.8, 4) is 5.75 Å². The molecule has 0 bridgehead atoms. The van der Waals surface area contributed by atoms with Crippen molar-refractivity contribution in [3.05, 3.63) is 22.7 Å². The minimum atomic E-state index is -0.521. The average molecular weight is 330 g/mol. The first kappa shape index (κ1) is 15.5. The summed E-state index contributed by atoms with van der Waals surface area (Å²) < 4.78 is 10.6. The number of carbonyl (C=O) groups excluding carboxylic acids is 2. The summed E-state index contributed by atoms with van der Waals surface area (Å²) in [4.78, 5) is 24.5. The number of carbonyl (C=O) groups is 2. The summed E-state index contributed by atoms with van der Waals surface area (Å²) in [5.41, 5.74) is 0.668. The van der Waals surface area contributed by atoms with E-state index in [4.69, 9.17) is 9.47 Å². The molecule has 0 aliphatic carbocycles. The molecule has 0 fully saturated rings. The molecule has 0 saturated carbocycles. The first-order valence-corrected chi connectivity index (χ1v) is 6.54. The Bertz CT molecular complexity index is 476. The second-order valence-corrected chi connectivity index (χ2v) is 4.61. The molecule has 19 heavy (non-hydrogen) atoms. The third kappa shape index (κ3) is 4.24. The number of ether oxygens (including phenoxy) is 2. The van der Waals surface area contributed by atoms with E-state index in [-0.39, 0.29) is 18.9 Å². The van der Waals surface area contributed by atoms with Gasteiger partial charge in [-0.25, -0.2) is 0 Å². The lowest BCUT2D eigenvalue weighted by molar-refractivity contribution is -0.145. The van der Waals surface area contributed by atoms with Gasteiger partial charge in [-0.3, -0.25) is 9.59 Å². The van der Waals surface area contributed by atoms with E-state index in [2.05, 4.69) is 15.9 Å². The van der Waals surface area contributed by atoms with Gasteiger partial charge in [0, 0.05) is 12.7 Å². The zero-order valence-corrected chi connectivity index (χ0v) is 12.7. The van der Waals surface area contributed by atoms with Gasteiger partial charge < -0.3 is 14.4 Å². The highest BCUT2D eigenvalue weighted by Crippen LogP contribution is 2.29. The molecule has 1 rings (SSSR count). The summed E-state index contributed by atoms with van der Waals surface area (Å²) in [6.07, 6.45) is -0.270. The number of anilines is 1. The van der Waals surface area contributed by atoms with Crippen molar-refractivity contribution in [2.24, 2.45) is 0 Å². The summed E-state index contributed by atoms with van der Waals surface area (Å²) in [5.74, 6) is -0.169. The number of hydrogen-bond acceptors (Lipinski definition) is 4. The van der Waals surface area contributed by atoms with Crippen LogP contribution in [0, 0.1) is 0 Å². The van der Waals surface area contributed by atoms with Crippen LogP contribution >= 0.6 is 15.9 Å². The number of esters is 1. The molecule has 0 unspecified atom stereocenters. The number of halogens is 1. The van der Waals surface area contributed by atoms with Crippen LogP contribution in [0.25, 0.3) is 0 Å². The Labute approximate surface area is 120 Å². The van der Waals surface area contributed by atoms with Gasteiger partial charge in [0.1, 0.15) is 12.2 Å². The number of methoxy groups -OCH3 is 1. The Hall–Kier alpha value is -1.56. The van der Waals surface area contributed by atoms with E-state index in [1.807, 2.05) is 0 Å². The second kappa shape index (κ2) is 7.13. The van der Waals surface area contributed by atoms with Gasteiger partial charge in [-0.1, -0.05) is 0 Å².